The van der Waals surface area contributed by atoms with Gasteiger partial charge in [0.2, 0.25) is 0 Å². The second-order valence-corrected chi connectivity index (χ2v) is 6.42. The second-order valence-electron chi connectivity index (χ2n) is 4.65. The van der Waals surface area contributed by atoms with Crippen molar-refractivity contribution >= 4 is 43.3 Å². The lowest BCUT2D eigenvalue weighted by Gasteiger charge is -2.22. The minimum Gasteiger partial charge on any atom is -0.398 e. The van der Waals surface area contributed by atoms with Gasteiger partial charge in [0.1, 0.15) is 5.78 Å². The Hall–Kier alpha value is -0.390. The van der Waals surface area contributed by atoms with E-state index in [-0.39, 0.29) is 0 Å². The van der Waals surface area contributed by atoms with Crippen LogP contribution in [0.1, 0.15) is 31.2 Å². The highest BCUT2D eigenvalue weighted by atomic mass is 79.9. The van der Waals surface area contributed by atoms with Crippen molar-refractivity contribution in [1.29, 1.82) is 0 Å². The van der Waals surface area contributed by atoms with E-state index in [1.807, 2.05) is 12.1 Å². The quantitative estimate of drug-likeness (QED) is 0.796. The Morgan fingerprint density at radius 2 is 1.94 bits per heavy atom. The number of ketones is 1. The van der Waals surface area contributed by atoms with E-state index in [9.17, 15) is 4.79 Å². The first kappa shape index (κ1) is 14.0. The smallest absolute Gasteiger partial charge is 0.133 e. The van der Waals surface area contributed by atoms with Gasteiger partial charge in [0, 0.05) is 34.4 Å². The number of carbonyl (C=O) groups excluding carboxylic acids is 1. The molecule has 0 heterocycles. The number of Topliss-reactive ketones (excluding diaryl/α,β-unsaturated/α-hetero) is 1. The van der Waals surface area contributed by atoms with Crippen molar-refractivity contribution in [3.05, 3.63) is 26.6 Å². The molecule has 98 valence electrons. The van der Waals surface area contributed by atoms with Crippen LogP contribution in [0.15, 0.2) is 21.1 Å². The molecule has 2 rings (SSSR count). The van der Waals surface area contributed by atoms with E-state index in [1.165, 1.54) is 0 Å². The summed E-state index contributed by atoms with van der Waals surface area (Å²) in [6.45, 7) is 0.739. The highest BCUT2D eigenvalue weighted by molar-refractivity contribution is 9.11. The highest BCUT2D eigenvalue weighted by Gasteiger charge is 2.18. The van der Waals surface area contributed by atoms with E-state index in [2.05, 4.69) is 37.2 Å². The zero-order chi connectivity index (χ0) is 13.1. The molecule has 0 bridgehead atoms. The number of rotatable bonds is 3. The van der Waals surface area contributed by atoms with E-state index in [0.717, 1.165) is 39.6 Å². The Kier molecular flexibility index (Phi) is 4.81. The van der Waals surface area contributed by atoms with Crippen LogP contribution in [-0.4, -0.2) is 11.8 Å². The lowest BCUT2D eigenvalue weighted by Crippen LogP contribution is -2.33. The fourth-order valence-electron chi connectivity index (χ4n) is 2.18. The van der Waals surface area contributed by atoms with Crippen molar-refractivity contribution < 1.29 is 4.79 Å². The maximum Gasteiger partial charge on any atom is 0.133 e. The van der Waals surface area contributed by atoms with Crippen molar-refractivity contribution in [2.24, 2.45) is 0 Å². The molecule has 1 aliphatic carbocycles. The molecule has 1 aromatic rings. The number of halogens is 2. The molecule has 0 unspecified atom stereocenters. The van der Waals surface area contributed by atoms with Gasteiger partial charge < -0.3 is 11.1 Å². The first-order valence-corrected chi connectivity index (χ1v) is 7.63. The number of benzene rings is 1. The van der Waals surface area contributed by atoms with E-state index in [0.29, 0.717) is 24.7 Å². The average molecular weight is 376 g/mol. The zero-order valence-corrected chi connectivity index (χ0v) is 13.2. The van der Waals surface area contributed by atoms with Crippen LogP contribution in [0, 0.1) is 0 Å². The Morgan fingerprint density at radius 3 is 2.61 bits per heavy atom. The molecule has 0 radical (unpaired) electrons. The molecule has 0 atom stereocenters. The molecule has 0 aliphatic heterocycles. The van der Waals surface area contributed by atoms with E-state index in [4.69, 9.17) is 5.73 Å². The van der Waals surface area contributed by atoms with Crippen molar-refractivity contribution in [3.63, 3.8) is 0 Å². The molecule has 1 saturated carbocycles. The van der Waals surface area contributed by atoms with Crippen molar-refractivity contribution in [2.45, 2.75) is 38.3 Å². The van der Waals surface area contributed by atoms with Gasteiger partial charge in [-0.05, 0) is 46.5 Å². The molecule has 3 nitrogen and oxygen atoms in total. The van der Waals surface area contributed by atoms with Crippen LogP contribution in [-0.2, 0) is 11.3 Å². The minimum atomic E-state index is 0.387. The van der Waals surface area contributed by atoms with Gasteiger partial charge in [0.05, 0.1) is 5.69 Å². The lowest BCUT2D eigenvalue weighted by molar-refractivity contribution is -0.120. The van der Waals surface area contributed by atoms with Gasteiger partial charge in [-0.25, -0.2) is 0 Å². The minimum absolute atomic E-state index is 0.387. The summed E-state index contributed by atoms with van der Waals surface area (Å²) in [5.74, 6) is 0.387. The normalized spacial score (nSPS) is 17.1. The first-order chi connectivity index (χ1) is 8.56. The third-order valence-corrected chi connectivity index (χ3v) is 4.42. The van der Waals surface area contributed by atoms with Gasteiger partial charge in [0.25, 0.3) is 0 Å². The monoisotopic (exact) mass is 374 g/mol. The average Bonchev–Trinajstić information content (AvgIpc) is 2.34. The Bertz CT molecular complexity index is 453. The number of hydrogen-bond acceptors (Lipinski definition) is 3. The molecule has 0 amide bonds. The molecule has 1 fully saturated rings. The van der Waals surface area contributed by atoms with Crippen LogP contribution >= 0.6 is 31.9 Å². The predicted octanol–water partition coefficient (Wildman–Crippen LogP) is 3.40. The number of anilines is 1. The largest absolute Gasteiger partial charge is 0.398 e. The molecule has 1 aliphatic rings. The Balaban J connectivity index is 1.96. The van der Waals surface area contributed by atoms with Crippen molar-refractivity contribution in [1.82, 2.24) is 5.32 Å². The second kappa shape index (κ2) is 6.17. The molecular formula is C13H16Br2N2O. The maximum atomic E-state index is 11.2. The summed E-state index contributed by atoms with van der Waals surface area (Å²) in [5, 5.41) is 3.48. The number of nitrogen functional groups attached to an aromatic ring is 1. The van der Waals surface area contributed by atoms with Gasteiger partial charge in [-0.15, -0.1) is 0 Å². The summed E-state index contributed by atoms with van der Waals surface area (Å²) in [6.07, 6.45) is 3.28. The summed E-state index contributed by atoms with van der Waals surface area (Å²) in [7, 11) is 0. The van der Waals surface area contributed by atoms with Gasteiger partial charge in [-0.1, -0.05) is 15.9 Å². The SMILES string of the molecule is Nc1c(Br)cc(Br)cc1CNC1CCC(=O)CC1. The first-order valence-electron chi connectivity index (χ1n) is 6.04. The van der Waals surface area contributed by atoms with Crippen LogP contribution in [0.4, 0.5) is 5.69 Å². The predicted molar refractivity (Wildman–Crippen MR) is 80.4 cm³/mol. The fraction of sp³-hybridized carbons (Fsp3) is 0.462. The van der Waals surface area contributed by atoms with Crippen molar-refractivity contribution in [2.75, 3.05) is 5.73 Å². The van der Waals surface area contributed by atoms with Crippen molar-refractivity contribution in [3.8, 4) is 0 Å². The molecule has 0 spiro atoms. The fourth-order valence-corrected chi connectivity index (χ4v) is 3.50. The van der Waals surface area contributed by atoms with Crippen LogP contribution in [0.5, 0.6) is 0 Å². The Morgan fingerprint density at radius 1 is 1.28 bits per heavy atom. The number of nitrogens with one attached hydrogen (secondary N) is 1. The molecule has 5 heteroatoms. The lowest BCUT2D eigenvalue weighted by atomic mass is 9.94. The standard InChI is InChI=1S/C13H16Br2N2O/c14-9-5-8(13(16)12(15)6-9)7-17-10-1-3-11(18)4-2-10/h5-6,10,17H,1-4,7,16H2. The molecule has 0 aromatic heterocycles. The maximum absolute atomic E-state index is 11.2. The summed E-state index contributed by atoms with van der Waals surface area (Å²) < 4.78 is 1.92. The van der Waals surface area contributed by atoms with Gasteiger partial charge in [-0.3, -0.25) is 4.79 Å². The summed E-state index contributed by atoms with van der Waals surface area (Å²) in [5.41, 5.74) is 7.88. The third kappa shape index (κ3) is 3.56. The zero-order valence-electron chi connectivity index (χ0n) is 10.0. The van der Waals surface area contributed by atoms with Crippen LogP contribution < -0.4 is 11.1 Å². The molecule has 3 N–H and O–H groups in total. The van der Waals surface area contributed by atoms with Crippen LogP contribution in [0.2, 0.25) is 0 Å². The van der Waals surface area contributed by atoms with Gasteiger partial charge in [-0.2, -0.15) is 0 Å². The van der Waals surface area contributed by atoms with Gasteiger partial charge >= 0.3 is 0 Å². The molecule has 18 heavy (non-hydrogen) atoms. The number of carbonyl (C=O) groups is 1. The van der Waals surface area contributed by atoms with E-state index >= 15 is 0 Å². The number of nitrogens with two attached hydrogens (primary N) is 1. The number of hydrogen-bond donors (Lipinski definition) is 2. The van der Waals surface area contributed by atoms with Crippen LogP contribution in [0.25, 0.3) is 0 Å². The highest BCUT2D eigenvalue weighted by Crippen LogP contribution is 2.28. The van der Waals surface area contributed by atoms with E-state index < -0.39 is 0 Å². The summed E-state index contributed by atoms with van der Waals surface area (Å²) >= 11 is 6.91. The molecule has 1 aromatic carbocycles. The Labute approximate surface area is 124 Å². The topological polar surface area (TPSA) is 55.1 Å². The third-order valence-electron chi connectivity index (χ3n) is 3.30. The summed E-state index contributed by atoms with van der Waals surface area (Å²) in [6, 6.07) is 4.40. The van der Waals surface area contributed by atoms with Crippen LogP contribution in [0.3, 0.4) is 0 Å². The summed E-state index contributed by atoms with van der Waals surface area (Å²) in [4.78, 5) is 11.2. The molecular weight excluding hydrogens is 360 g/mol. The molecule has 0 saturated heterocycles. The van der Waals surface area contributed by atoms with Gasteiger partial charge in [0.15, 0.2) is 0 Å². The van der Waals surface area contributed by atoms with E-state index in [1.54, 1.807) is 0 Å².